The first-order chi connectivity index (χ1) is 12.7. The molecule has 1 aliphatic rings. The first-order valence-corrected chi connectivity index (χ1v) is 8.79. The van der Waals surface area contributed by atoms with E-state index in [1.807, 2.05) is 42.5 Å². The van der Waals surface area contributed by atoms with Crippen molar-refractivity contribution in [3.8, 4) is 5.75 Å². The zero-order valence-corrected chi connectivity index (χ0v) is 14.8. The minimum absolute atomic E-state index is 0.0756. The zero-order valence-electron chi connectivity index (χ0n) is 14.8. The highest BCUT2D eigenvalue weighted by atomic mass is 16.5. The number of amides is 1. The van der Waals surface area contributed by atoms with Crippen molar-refractivity contribution in [2.45, 2.75) is 31.0 Å². The minimum atomic E-state index is -0.366. The highest BCUT2D eigenvalue weighted by molar-refractivity contribution is 5.82. The second kappa shape index (κ2) is 8.80. The SMILES string of the molecule is COC[C@H](Cc1ccccc1)NC(=O)C1CC(c2ccccc2O)NN1. The van der Waals surface area contributed by atoms with E-state index < -0.39 is 0 Å². The molecule has 138 valence electrons. The molecule has 1 heterocycles. The van der Waals surface area contributed by atoms with Crippen LogP contribution in [0, 0.1) is 0 Å². The van der Waals surface area contributed by atoms with Gasteiger partial charge in [0.05, 0.1) is 18.7 Å². The molecule has 4 N–H and O–H groups in total. The third-order valence-corrected chi connectivity index (χ3v) is 4.57. The van der Waals surface area contributed by atoms with Crippen LogP contribution in [0.4, 0.5) is 0 Å². The number of carbonyl (C=O) groups excluding carboxylic acids is 1. The molecular formula is C20H25N3O3. The molecule has 1 amide bonds. The van der Waals surface area contributed by atoms with Gasteiger partial charge in [-0.1, -0.05) is 48.5 Å². The zero-order chi connectivity index (χ0) is 18.4. The molecule has 1 saturated heterocycles. The van der Waals surface area contributed by atoms with E-state index in [4.69, 9.17) is 4.74 Å². The van der Waals surface area contributed by atoms with Crippen molar-refractivity contribution in [1.82, 2.24) is 16.2 Å². The predicted molar refractivity (Wildman–Crippen MR) is 99.5 cm³/mol. The highest BCUT2D eigenvalue weighted by Gasteiger charge is 2.32. The summed E-state index contributed by atoms with van der Waals surface area (Å²) in [6.07, 6.45) is 1.28. The van der Waals surface area contributed by atoms with E-state index >= 15 is 0 Å². The van der Waals surface area contributed by atoms with Gasteiger partial charge in [0.15, 0.2) is 0 Å². The van der Waals surface area contributed by atoms with Crippen LogP contribution >= 0.6 is 0 Å². The summed E-state index contributed by atoms with van der Waals surface area (Å²) in [4.78, 5) is 12.7. The van der Waals surface area contributed by atoms with Gasteiger partial charge in [0, 0.05) is 12.7 Å². The lowest BCUT2D eigenvalue weighted by molar-refractivity contribution is -0.124. The molecule has 2 aromatic rings. The van der Waals surface area contributed by atoms with Crippen molar-refractivity contribution in [2.75, 3.05) is 13.7 Å². The summed E-state index contributed by atoms with van der Waals surface area (Å²) in [5, 5.41) is 13.1. The van der Waals surface area contributed by atoms with Crippen LogP contribution in [0.3, 0.4) is 0 Å². The van der Waals surface area contributed by atoms with Crippen molar-refractivity contribution < 1.29 is 14.6 Å². The van der Waals surface area contributed by atoms with Crippen LogP contribution in [-0.4, -0.2) is 36.8 Å². The number of hydrogen-bond acceptors (Lipinski definition) is 5. The smallest absolute Gasteiger partial charge is 0.238 e. The Morgan fingerprint density at radius 2 is 1.92 bits per heavy atom. The Morgan fingerprint density at radius 3 is 2.65 bits per heavy atom. The van der Waals surface area contributed by atoms with Crippen LogP contribution in [0.15, 0.2) is 54.6 Å². The van der Waals surface area contributed by atoms with Crippen molar-refractivity contribution in [2.24, 2.45) is 0 Å². The number of phenols is 1. The van der Waals surface area contributed by atoms with Crippen molar-refractivity contribution in [1.29, 1.82) is 0 Å². The van der Waals surface area contributed by atoms with Gasteiger partial charge in [0.1, 0.15) is 11.8 Å². The lowest BCUT2D eigenvalue weighted by atomic mass is 10.0. The summed E-state index contributed by atoms with van der Waals surface area (Å²) in [5.74, 6) is 0.155. The largest absolute Gasteiger partial charge is 0.508 e. The van der Waals surface area contributed by atoms with Crippen LogP contribution in [0.2, 0.25) is 0 Å². The number of phenolic OH excluding ortho intramolecular Hbond substituents is 1. The second-order valence-corrected chi connectivity index (χ2v) is 6.54. The molecule has 0 saturated carbocycles. The average Bonchev–Trinajstić information content (AvgIpc) is 3.13. The number of benzene rings is 2. The molecule has 0 spiro atoms. The van der Waals surface area contributed by atoms with Gasteiger partial charge in [0.2, 0.25) is 5.91 Å². The van der Waals surface area contributed by atoms with Crippen LogP contribution in [0.5, 0.6) is 5.75 Å². The fourth-order valence-electron chi connectivity index (χ4n) is 3.27. The standard InChI is InChI=1S/C20H25N3O3/c1-26-13-15(11-14-7-3-2-4-8-14)21-20(25)18-12-17(22-23-18)16-9-5-6-10-19(16)24/h2-10,15,17-18,22-24H,11-13H2,1H3,(H,21,25)/t15-,17?,18?/m0/s1. The number of rotatable bonds is 7. The van der Waals surface area contributed by atoms with E-state index in [0.29, 0.717) is 19.4 Å². The summed E-state index contributed by atoms with van der Waals surface area (Å²) >= 11 is 0. The van der Waals surface area contributed by atoms with Crippen LogP contribution in [0.25, 0.3) is 0 Å². The molecule has 0 radical (unpaired) electrons. The van der Waals surface area contributed by atoms with E-state index in [1.165, 1.54) is 0 Å². The first kappa shape index (κ1) is 18.4. The molecule has 1 fully saturated rings. The number of para-hydroxylation sites is 1. The molecule has 0 aliphatic carbocycles. The number of nitrogens with one attached hydrogen (secondary N) is 3. The fraction of sp³-hybridized carbons (Fsp3) is 0.350. The molecule has 3 rings (SSSR count). The van der Waals surface area contributed by atoms with Gasteiger partial charge in [-0.15, -0.1) is 0 Å². The lowest BCUT2D eigenvalue weighted by Crippen LogP contribution is -2.48. The molecule has 6 nitrogen and oxygen atoms in total. The Labute approximate surface area is 153 Å². The van der Waals surface area contributed by atoms with Gasteiger partial charge in [-0.3, -0.25) is 4.79 Å². The fourth-order valence-corrected chi connectivity index (χ4v) is 3.27. The monoisotopic (exact) mass is 355 g/mol. The molecular weight excluding hydrogens is 330 g/mol. The van der Waals surface area contributed by atoms with Crippen molar-refractivity contribution >= 4 is 5.91 Å². The quantitative estimate of drug-likeness (QED) is 0.607. The summed E-state index contributed by atoms with van der Waals surface area (Å²) < 4.78 is 5.26. The topological polar surface area (TPSA) is 82.6 Å². The Kier molecular flexibility index (Phi) is 6.22. The van der Waals surface area contributed by atoms with Crippen molar-refractivity contribution in [3.05, 3.63) is 65.7 Å². The van der Waals surface area contributed by atoms with E-state index in [9.17, 15) is 9.90 Å². The second-order valence-electron chi connectivity index (χ2n) is 6.54. The van der Waals surface area contributed by atoms with Crippen LogP contribution < -0.4 is 16.2 Å². The van der Waals surface area contributed by atoms with Crippen molar-refractivity contribution in [3.63, 3.8) is 0 Å². The Morgan fingerprint density at radius 1 is 1.19 bits per heavy atom. The van der Waals surface area contributed by atoms with Gasteiger partial charge in [-0.05, 0) is 24.5 Å². The number of ether oxygens (including phenoxy) is 1. The number of hydrazine groups is 1. The number of methoxy groups -OCH3 is 1. The third-order valence-electron chi connectivity index (χ3n) is 4.57. The molecule has 6 heteroatoms. The van der Waals surface area contributed by atoms with E-state index in [-0.39, 0.29) is 29.8 Å². The van der Waals surface area contributed by atoms with Gasteiger partial charge < -0.3 is 15.2 Å². The Bertz CT molecular complexity index is 723. The molecule has 2 aromatic carbocycles. The van der Waals surface area contributed by atoms with Gasteiger partial charge in [0.25, 0.3) is 0 Å². The van der Waals surface area contributed by atoms with E-state index in [1.54, 1.807) is 19.2 Å². The first-order valence-electron chi connectivity index (χ1n) is 8.79. The predicted octanol–water partition coefficient (Wildman–Crippen LogP) is 1.67. The molecule has 3 atom stereocenters. The minimum Gasteiger partial charge on any atom is -0.508 e. The number of hydrogen-bond donors (Lipinski definition) is 4. The Hall–Kier alpha value is -2.41. The lowest BCUT2D eigenvalue weighted by Gasteiger charge is -2.20. The molecule has 0 aromatic heterocycles. The third kappa shape index (κ3) is 4.60. The molecule has 0 bridgehead atoms. The summed E-state index contributed by atoms with van der Waals surface area (Å²) in [7, 11) is 1.63. The van der Waals surface area contributed by atoms with Crippen LogP contribution in [-0.2, 0) is 16.0 Å². The maximum absolute atomic E-state index is 12.7. The summed E-state index contributed by atoms with van der Waals surface area (Å²) in [6.45, 7) is 0.448. The molecule has 2 unspecified atom stereocenters. The summed E-state index contributed by atoms with van der Waals surface area (Å²) in [5.41, 5.74) is 8.06. The average molecular weight is 355 g/mol. The number of carbonyl (C=O) groups is 1. The number of aromatic hydroxyl groups is 1. The maximum atomic E-state index is 12.7. The summed E-state index contributed by atoms with van der Waals surface area (Å²) in [6, 6.07) is 16.6. The van der Waals surface area contributed by atoms with Gasteiger partial charge in [-0.2, -0.15) is 0 Å². The van der Waals surface area contributed by atoms with E-state index in [0.717, 1.165) is 11.1 Å². The highest BCUT2D eigenvalue weighted by Crippen LogP contribution is 2.29. The molecule has 26 heavy (non-hydrogen) atoms. The van der Waals surface area contributed by atoms with Crippen LogP contribution in [0.1, 0.15) is 23.6 Å². The molecule has 1 aliphatic heterocycles. The normalized spacial score (nSPS) is 20.7. The van der Waals surface area contributed by atoms with E-state index in [2.05, 4.69) is 16.2 Å². The van der Waals surface area contributed by atoms with Gasteiger partial charge in [-0.25, -0.2) is 10.9 Å². The van der Waals surface area contributed by atoms with Gasteiger partial charge >= 0.3 is 0 Å². The Balaban J connectivity index is 1.59. The maximum Gasteiger partial charge on any atom is 0.238 e.